The second-order valence-electron chi connectivity index (χ2n) is 6.84. The van der Waals surface area contributed by atoms with Gasteiger partial charge in [-0.3, -0.25) is 0 Å². The first-order valence-electron chi connectivity index (χ1n) is 8.58. The third-order valence-corrected chi connectivity index (χ3v) is 7.74. The quantitative estimate of drug-likeness (QED) is 0.611. The van der Waals surface area contributed by atoms with E-state index in [1.165, 1.54) is 21.6 Å². The van der Waals surface area contributed by atoms with Gasteiger partial charge >= 0.3 is 159 Å². The van der Waals surface area contributed by atoms with Gasteiger partial charge in [0.15, 0.2) is 0 Å². The van der Waals surface area contributed by atoms with Gasteiger partial charge in [0.25, 0.3) is 0 Å². The SMILES string of the molecule is CC1=C(C)C(C)C([C]2([Cr+2])C=CC=CC2CSc2ccccc2)=C1C.[Cl-].[Cl-]. The molecule has 0 aromatic heterocycles. The Morgan fingerprint density at radius 1 is 1.00 bits per heavy atom. The summed E-state index contributed by atoms with van der Waals surface area (Å²) >= 11 is 5.54. The van der Waals surface area contributed by atoms with Gasteiger partial charge in [-0.2, -0.15) is 0 Å². The summed E-state index contributed by atoms with van der Waals surface area (Å²) in [6, 6.07) is 10.7. The van der Waals surface area contributed by atoms with Gasteiger partial charge in [0.2, 0.25) is 0 Å². The monoisotopic (exact) mass is 443 g/mol. The molecule has 0 aliphatic heterocycles. The molecule has 0 bridgehead atoms. The van der Waals surface area contributed by atoms with Crippen LogP contribution in [0.25, 0.3) is 0 Å². The molecule has 139 valence electrons. The minimum Gasteiger partial charge on any atom is -1.00 e. The van der Waals surface area contributed by atoms with Crippen molar-refractivity contribution in [2.45, 2.75) is 36.9 Å². The van der Waals surface area contributed by atoms with E-state index in [9.17, 15) is 0 Å². The Balaban J connectivity index is 0.00000169. The maximum absolute atomic E-state index is 3.59. The number of rotatable bonds is 4. The first kappa shape index (κ1) is 23.7. The van der Waals surface area contributed by atoms with Gasteiger partial charge in [0.1, 0.15) is 0 Å². The predicted octanol–water partition coefficient (Wildman–Crippen LogP) is 0.537. The Morgan fingerprint density at radius 2 is 1.65 bits per heavy atom. The van der Waals surface area contributed by atoms with Crippen molar-refractivity contribution in [2.24, 2.45) is 11.8 Å². The van der Waals surface area contributed by atoms with Gasteiger partial charge in [0.05, 0.1) is 0 Å². The minimum absolute atomic E-state index is 0. The van der Waals surface area contributed by atoms with Gasteiger partial charge in [-0.1, -0.05) is 0 Å². The molecular weight excluding hydrogens is 419 g/mol. The summed E-state index contributed by atoms with van der Waals surface area (Å²) < 4.78 is -0.0148. The zero-order valence-corrected chi connectivity index (χ0v) is 19.2. The first-order chi connectivity index (χ1) is 11.4. The second kappa shape index (κ2) is 9.72. The van der Waals surface area contributed by atoms with Crippen molar-refractivity contribution in [3.63, 3.8) is 0 Å². The maximum Gasteiger partial charge on any atom is -1.00 e. The van der Waals surface area contributed by atoms with E-state index in [1.54, 1.807) is 5.57 Å². The van der Waals surface area contributed by atoms with Gasteiger partial charge in [-0.05, 0) is 0 Å². The Kier molecular flexibility index (Phi) is 8.85. The molecule has 1 aromatic rings. The summed E-state index contributed by atoms with van der Waals surface area (Å²) in [6.45, 7) is 9.21. The molecule has 4 heteroatoms. The standard InChI is InChI=1S/C22H25S.2ClH.Cr/c1-15-16(2)18(4)22(17(15)3)21-13-9-8-10-19(21)14-23-20-11-6-5-7-12-20;;;/h5-13,17,19H,14H2,1-4H3;2*1H;/q;;;+2/p-2. The Bertz CT molecular complexity index is 749. The zero-order chi connectivity index (χ0) is 17.3. The van der Waals surface area contributed by atoms with Crippen LogP contribution in [0.2, 0.25) is 4.28 Å². The number of halogens is 2. The fraction of sp³-hybridized carbons (Fsp3) is 0.364. The van der Waals surface area contributed by atoms with Crippen LogP contribution >= 0.6 is 11.8 Å². The summed E-state index contributed by atoms with van der Waals surface area (Å²) in [5.41, 5.74) is 6.05. The Hall–Kier alpha value is -0.358. The molecule has 2 aliphatic rings. The van der Waals surface area contributed by atoms with Gasteiger partial charge in [0, 0.05) is 0 Å². The number of hydrogen-bond donors (Lipinski definition) is 0. The van der Waals surface area contributed by atoms with E-state index in [1.807, 2.05) is 11.8 Å². The minimum atomic E-state index is -0.0148. The van der Waals surface area contributed by atoms with Crippen LogP contribution in [-0.2, 0) is 16.3 Å². The van der Waals surface area contributed by atoms with Crippen molar-refractivity contribution >= 4 is 11.8 Å². The van der Waals surface area contributed by atoms with Crippen molar-refractivity contribution in [1.82, 2.24) is 0 Å². The molecule has 0 nitrogen and oxygen atoms in total. The fourth-order valence-electron chi connectivity index (χ4n) is 3.83. The molecular formula is C22H25Cl2CrS. The third-order valence-electron chi connectivity index (χ3n) is 5.58. The molecule has 0 fully saturated rings. The topological polar surface area (TPSA) is 0 Å². The molecule has 0 saturated carbocycles. The molecule has 3 rings (SSSR count). The van der Waals surface area contributed by atoms with E-state index in [0.717, 1.165) is 5.75 Å². The molecule has 0 spiro atoms. The molecule has 0 saturated heterocycles. The molecule has 2 aliphatic carbocycles. The van der Waals surface area contributed by atoms with Crippen LogP contribution in [0.5, 0.6) is 0 Å². The van der Waals surface area contributed by atoms with Crippen LogP contribution in [0.4, 0.5) is 0 Å². The third kappa shape index (κ3) is 4.37. The summed E-state index contributed by atoms with van der Waals surface area (Å²) in [5.74, 6) is 2.07. The van der Waals surface area contributed by atoms with Gasteiger partial charge < -0.3 is 24.8 Å². The molecule has 0 heterocycles. The molecule has 0 N–H and O–H groups in total. The largest absolute Gasteiger partial charge is 1.00 e. The normalized spacial score (nSPS) is 27.3. The van der Waals surface area contributed by atoms with Gasteiger partial charge in [-0.15, -0.1) is 0 Å². The van der Waals surface area contributed by atoms with Crippen molar-refractivity contribution in [3.8, 4) is 0 Å². The summed E-state index contributed by atoms with van der Waals surface area (Å²) in [7, 11) is 0. The molecule has 0 amide bonds. The maximum atomic E-state index is 3.59. The van der Waals surface area contributed by atoms with Crippen molar-refractivity contribution < 1.29 is 41.1 Å². The second-order valence-corrected chi connectivity index (χ2v) is 8.98. The number of thioether (sulfide) groups is 1. The molecule has 26 heavy (non-hydrogen) atoms. The van der Waals surface area contributed by atoms with Crippen LogP contribution in [0, 0.1) is 11.8 Å². The Labute approximate surface area is 183 Å². The summed E-state index contributed by atoms with van der Waals surface area (Å²) in [5, 5.41) is 0. The van der Waals surface area contributed by atoms with Crippen molar-refractivity contribution in [1.29, 1.82) is 0 Å². The fourth-order valence-corrected chi connectivity index (χ4v) is 5.99. The molecule has 3 atom stereocenters. The van der Waals surface area contributed by atoms with E-state index >= 15 is 0 Å². The van der Waals surface area contributed by atoms with Crippen LogP contribution in [0.15, 0.2) is 81.8 Å². The number of allylic oxidation sites excluding steroid dienone is 8. The summed E-state index contributed by atoms with van der Waals surface area (Å²) in [6.07, 6.45) is 9.16. The van der Waals surface area contributed by atoms with E-state index < -0.39 is 0 Å². The van der Waals surface area contributed by atoms with E-state index in [2.05, 4.69) is 98.6 Å². The van der Waals surface area contributed by atoms with Crippen LogP contribution in [0.3, 0.4) is 0 Å². The van der Waals surface area contributed by atoms with E-state index in [-0.39, 0.29) is 29.1 Å². The number of benzene rings is 1. The first-order valence-corrected chi connectivity index (χ1v) is 10.2. The van der Waals surface area contributed by atoms with Gasteiger partial charge in [-0.25, -0.2) is 0 Å². The molecule has 1 aromatic carbocycles. The van der Waals surface area contributed by atoms with E-state index in [4.69, 9.17) is 0 Å². The predicted molar refractivity (Wildman–Crippen MR) is 102 cm³/mol. The van der Waals surface area contributed by atoms with Crippen LogP contribution in [-0.4, -0.2) is 5.75 Å². The zero-order valence-electron chi connectivity index (χ0n) is 15.6. The van der Waals surface area contributed by atoms with Crippen LogP contribution < -0.4 is 24.8 Å². The van der Waals surface area contributed by atoms with Crippen molar-refractivity contribution in [2.75, 3.05) is 5.75 Å². The molecule has 0 radical (unpaired) electrons. The molecule has 3 unspecified atom stereocenters. The average molecular weight is 444 g/mol. The number of hydrogen-bond acceptors (Lipinski definition) is 1. The summed E-state index contributed by atoms with van der Waals surface area (Å²) in [4.78, 5) is 1.35. The average Bonchev–Trinajstić information content (AvgIpc) is 2.79. The smallest absolute Gasteiger partial charge is 1.00 e. The van der Waals surface area contributed by atoms with Crippen LogP contribution in [0.1, 0.15) is 27.7 Å². The Morgan fingerprint density at radius 3 is 2.23 bits per heavy atom. The van der Waals surface area contributed by atoms with E-state index in [0.29, 0.717) is 11.8 Å². The van der Waals surface area contributed by atoms with Crippen molar-refractivity contribution in [3.05, 3.63) is 76.9 Å².